The lowest BCUT2D eigenvalue weighted by Crippen LogP contribution is -2.50. The van der Waals surface area contributed by atoms with Crippen LogP contribution in [0.25, 0.3) is 0 Å². The molecule has 0 radical (unpaired) electrons. The fourth-order valence-corrected chi connectivity index (χ4v) is 3.39. The van der Waals surface area contributed by atoms with Gasteiger partial charge in [-0.1, -0.05) is 19.3 Å². The van der Waals surface area contributed by atoms with Crippen molar-refractivity contribution in [2.24, 2.45) is 0 Å². The van der Waals surface area contributed by atoms with Crippen molar-refractivity contribution in [3.8, 4) is 0 Å². The number of hydrogen-bond donors (Lipinski definition) is 2. The summed E-state index contributed by atoms with van der Waals surface area (Å²) < 4.78 is 0. The number of aromatic nitrogens is 2. The zero-order chi connectivity index (χ0) is 16.8. The minimum absolute atomic E-state index is 0.0290. The summed E-state index contributed by atoms with van der Waals surface area (Å²) in [6.07, 6.45) is 7.92. The molecule has 1 aliphatic rings. The Morgan fingerprint density at radius 3 is 2.70 bits per heavy atom. The maximum absolute atomic E-state index is 12.9. The van der Waals surface area contributed by atoms with E-state index in [4.69, 9.17) is 0 Å². The summed E-state index contributed by atoms with van der Waals surface area (Å²) in [5.41, 5.74) is 0.900. The van der Waals surface area contributed by atoms with Gasteiger partial charge in [0.05, 0.1) is 31.1 Å². The van der Waals surface area contributed by atoms with Crippen LogP contribution in [0.5, 0.6) is 0 Å². The molecule has 130 valence electrons. The van der Waals surface area contributed by atoms with Crippen LogP contribution in [0.4, 0.5) is 0 Å². The van der Waals surface area contributed by atoms with Crippen molar-refractivity contribution in [2.45, 2.75) is 64.6 Å². The van der Waals surface area contributed by atoms with E-state index in [1.165, 1.54) is 32.1 Å². The summed E-state index contributed by atoms with van der Waals surface area (Å²) in [6.45, 7) is 4.64. The van der Waals surface area contributed by atoms with Gasteiger partial charge in [0.25, 0.3) is 0 Å². The van der Waals surface area contributed by atoms with Crippen molar-refractivity contribution in [1.82, 2.24) is 19.8 Å². The van der Waals surface area contributed by atoms with E-state index in [0.29, 0.717) is 19.1 Å². The van der Waals surface area contributed by atoms with Crippen LogP contribution < -0.4 is 0 Å². The zero-order valence-corrected chi connectivity index (χ0v) is 14.6. The lowest BCUT2D eigenvalue weighted by Gasteiger charge is -2.37. The van der Waals surface area contributed by atoms with Crippen molar-refractivity contribution in [2.75, 3.05) is 20.2 Å². The van der Waals surface area contributed by atoms with Gasteiger partial charge in [0, 0.05) is 12.6 Å². The Balaban J connectivity index is 2.00. The van der Waals surface area contributed by atoms with Gasteiger partial charge in [0.2, 0.25) is 5.91 Å². The average Bonchev–Trinajstić information content (AvgIpc) is 2.98. The first-order valence-corrected chi connectivity index (χ1v) is 8.65. The first-order chi connectivity index (χ1) is 11.0. The predicted molar refractivity (Wildman–Crippen MR) is 89.9 cm³/mol. The number of carbonyl (C=O) groups is 1. The minimum atomic E-state index is -0.173. The van der Waals surface area contributed by atoms with Crippen LogP contribution in [0, 0.1) is 6.92 Å². The molecule has 6 nitrogen and oxygen atoms in total. The summed E-state index contributed by atoms with van der Waals surface area (Å²) in [5, 5.41) is 9.30. The topological polar surface area (TPSA) is 72.5 Å². The Bertz CT molecular complexity index is 497. The molecule has 1 aliphatic carbocycles. The molecule has 0 saturated heterocycles. The van der Waals surface area contributed by atoms with E-state index in [1.54, 1.807) is 11.1 Å². The van der Waals surface area contributed by atoms with Gasteiger partial charge in [-0.3, -0.25) is 9.69 Å². The highest BCUT2D eigenvalue weighted by atomic mass is 16.3. The molecule has 1 saturated carbocycles. The van der Waals surface area contributed by atoms with Crippen LogP contribution in [-0.4, -0.2) is 63.1 Å². The lowest BCUT2D eigenvalue weighted by atomic mass is 9.93. The Kier molecular flexibility index (Phi) is 6.59. The van der Waals surface area contributed by atoms with Gasteiger partial charge in [-0.25, -0.2) is 4.98 Å². The lowest BCUT2D eigenvalue weighted by molar-refractivity contribution is -0.138. The number of carbonyl (C=O) groups excluding carboxylic acids is 1. The maximum atomic E-state index is 12.9. The van der Waals surface area contributed by atoms with E-state index in [-0.39, 0.29) is 18.6 Å². The molecule has 1 unspecified atom stereocenters. The van der Waals surface area contributed by atoms with Gasteiger partial charge in [-0.15, -0.1) is 0 Å². The third kappa shape index (κ3) is 4.78. The number of likely N-dealkylation sites (N-methyl/N-ethyl adjacent to an activating group) is 1. The molecule has 6 heteroatoms. The normalized spacial score (nSPS) is 17.4. The van der Waals surface area contributed by atoms with E-state index >= 15 is 0 Å². The first-order valence-electron chi connectivity index (χ1n) is 8.65. The molecule has 0 bridgehead atoms. The third-order valence-corrected chi connectivity index (χ3v) is 4.92. The summed E-state index contributed by atoms with van der Waals surface area (Å²) in [4.78, 5) is 24.1. The number of aryl methyl sites for hydroxylation is 1. The highest BCUT2D eigenvalue weighted by Gasteiger charge is 2.29. The first kappa shape index (κ1) is 17.9. The summed E-state index contributed by atoms with van der Waals surface area (Å²) >= 11 is 0. The largest absolute Gasteiger partial charge is 0.395 e. The van der Waals surface area contributed by atoms with Crippen molar-refractivity contribution >= 4 is 5.91 Å². The molecule has 0 aliphatic heterocycles. The molecule has 2 N–H and O–H groups in total. The van der Waals surface area contributed by atoms with Crippen LogP contribution in [0.15, 0.2) is 6.20 Å². The zero-order valence-electron chi connectivity index (χ0n) is 14.6. The van der Waals surface area contributed by atoms with E-state index in [0.717, 1.165) is 11.5 Å². The van der Waals surface area contributed by atoms with E-state index in [2.05, 4.69) is 21.9 Å². The number of aliphatic hydroxyl groups is 1. The van der Waals surface area contributed by atoms with Gasteiger partial charge in [-0.2, -0.15) is 0 Å². The van der Waals surface area contributed by atoms with Crippen LogP contribution >= 0.6 is 0 Å². The Hall–Kier alpha value is -1.40. The number of imidazole rings is 1. The van der Waals surface area contributed by atoms with E-state index < -0.39 is 0 Å². The SMILES string of the molecule is Cc1ncc(CN(CCO)C(=O)C(C)N(C)C2CCCCC2)[nH]1. The molecule has 1 heterocycles. The molecular weight excluding hydrogens is 292 g/mol. The fraction of sp³-hybridized carbons (Fsp3) is 0.765. The van der Waals surface area contributed by atoms with E-state index in [9.17, 15) is 9.90 Å². The molecule has 1 atom stereocenters. The Morgan fingerprint density at radius 1 is 1.43 bits per heavy atom. The smallest absolute Gasteiger partial charge is 0.240 e. The number of rotatable bonds is 7. The number of amides is 1. The number of hydrogen-bond acceptors (Lipinski definition) is 4. The summed E-state index contributed by atoms with van der Waals surface area (Å²) in [5.74, 6) is 0.906. The molecule has 0 spiro atoms. The van der Waals surface area contributed by atoms with Gasteiger partial charge >= 0.3 is 0 Å². The minimum Gasteiger partial charge on any atom is -0.395 e. The number of aliphatic hydroxyl groups excluding tert-OH is 1. The van der Waals surface area contributed by atoms with Gasteiger partial charge in [0.1, 0.15) is 5.82 Å². The molecule has 1 aromatic heterocycles. The van der Waals surface area contributed by atoms with Crippen molar-refractivity contribution in [3.05, 3.63) is 17.7 Å². The molecule has 0 aromatic carbocycles. The maximum Gasteiger partial charge on any atom is 0.240 e. The van der Waals surface area contributed by atoms with Gasteiger partial charge in [0.15, 0.2) is 0 Å². The standard InChI is InChI=1S/C17H30N4O2/c1-13(20(3)16-7-5-4-6-8-16)17(23)21(9-10-22)12-15-11-18-14(2)19-15/h11,13,16,22H,4-10,12H2,1-3H3,(H,18,19). The molecule has 2 rings (SSSR count). The van der Waals surface area contributed by atoms with Crippen molar-refractivity contribution < 1.29 is 9.90 Å². The second kappa shape index (κ2) is 8.45. The van der Waals surface area contributed by atoms with E-state index in [1.807, 2.05) is 13.8 Å². The average molecular weight is 322 g/mol. The molecular formula is C17H30N4O2. The number of nitrogens with one attached hydrogen (secondary N) is 1. The number of H-pyrrole nitrogens is 1. The Morgan fingerprint density at radius 2 is 2.13 bits per heavy atom. The summed E-state index contributed by atoms with van der Waals surface area (Å²) in [7, 11) is 2.05. The summed E-state index contributed by atoms with van der Waals surface area (Å²) in [6, 6.07) is 0.321. The quantitative estimate of drug-likeness (QED) is 0.801. The molecule has 1 fully saturated rings. The molecule has 1 aromatic rings. The number of nitrogens with zero attached hydrogens (tertiary/aromatic N) is 3. The van der Waals surface area contributed by atoms with Crippen molar-refractivity contribution in [1.29, 1.82) is 0 Å². The predicted octanol–water partition coefficient (Wildman–Crippen LogP) is 1.69. The van der Waals surface area contributed by atoms with Gasteiger partial charge in [-0.05, 0) is 33.7 Å². The van der Waals surface area contributed by atoms with Crippen LogP contribution in [-0.2, 0) is 11.3 Å². The molecule has 1 amide bonds. The Labute approximate surface area is 138 Å². The fourth-order valence-electron chi connectivity index (χ4n) is 3.39. The number of aromatic amines is 1. The van der Waals surface area contributed by atoms with Crippen molar-refractivity contribution in [3.63, 3.8) is 0 Å². The van der Waals surface area contributed by atoms with Crippen LogP contribution in [0.2, 0.25) is 0 Å². The highest BCUT2D eigenvalue weighted by molar-refractivity contribution is 5.81. The highest BCUT2D eigenvalue weighted by Crippen LogP contribution is 2.23. The monoisotopic (exact) mass is 322 g/mol. The second-order valence-electron chi connectivity index (χ2n) is 6.61. The second-order valence-corrected chi connectivity index (χ2v) is 6.61. The third-order valence-electron chi connectivity index (χ3n) is 4.92. The molecule has 23 heavy (non-hydrogen) atoms. The van der Waals surface area contributed by atoms with Crippen LogP contribution in [0.1, 0.15) is 50.5 Å². The van der Waals surface area contributed by atoms with Gasteiger partial charge < -0.3 is 15.0 Å². The van der Waals surface area contributed by atoms with Crippen LogP contribution in [0.3, 0.4) is 0 Å².